The summed E-state index contributed by atoms with van der Waals surface area (Å²) in [6.45, 7) is 1.57. The Balaban J connectivity index is 1.53. The summed E-state index contributed by atoms with van der Waals surface area (Å²) in [6, 6.07) is 16.1. The zero-order valence-electron chi connectivity index (χ0n) is 18.5. The van der Waals surface area contributed by atoms with Crippen LogP contribution in [0.5, 0.6) is 0 Å². The van der Waals surface area contributed by atoms with E-state index in [2.05, 4.69) is 23.1 Å². The molecular weight excluding hydrogens is 420 g/mol. The Kier molecular flexibility index (Phi) is 5.21. The maximum absolute atomic E-state index is 13.3. The average Bonchev–Trinajstić information content (AvgIpc) is 3.25. The third-order valence-corrected chi connectivity index (χ3v) is 7.57. The lowest BCUT2D eigenvalue weighted by molar-refractivity contribution is 0.0826. The second-order valence-electron chi connectivity index (χ2n) is 8.59. The fraction of sp³-hybridized carbons (Fsp3) is 0.320. The first kappa shape index (κ1) is 20.7. The van der Waals surface area contributed by atoms with Crippen molar-refractivity contribution in [2.24, 2.45) is 7.05 Å². The number of pyridine rings is 1. The van der Waals surface area contributed by atoms with Crippen LogP contribution in [0, 0.1) is 0 Å². The average molecular weight is 447 g/mol. The van der Waals surface area contributed by atoms with Crippen LogP contribution in [0.1, 0.15) is 34.1 Å². The molecule has 4 aromatic rings. The van der Waals surface area contributed by atoms with Crippen LogP contribution in [0.4, 0.5) is 5.69 Å². The first-order chi connectivity index (χ1) is 15.5. The van der Waals surface area contributed by atoms with E-state index in [9.17, 15) is 9.59 Å². The van der Waals surface area contributed by atoms with Gasteiger partial charge in [0.05, 0.1) is 26.4 Å². The molecule has 0 unspecified atom stereocenters. The van der Waals surface area contributed by atoms with Gasteiger partial charge in [-0.3, -0.25) is 9.59 Å². The number of carbonyl (C=O) groups excluding carboxylic acids is 1. The summed E-state index contributed by atoms with van der Waals surface area (Å²) in [7, 11) is 5.13. The maximum atomic E-state index is 13.3. The molecular formula is C25H26N4O2S. The van der Waals surface area contributed by atoms with Gasteiger partial charge < -0.3 is 14.4 Å². The molecule has 0 N–H and O–H groups in total. The topological polar surface area (TPSA) is 58.4 Å². The number of hydrogen-bond donors (Lipinski definition) is 0. The molecule has 0 aliphatic carbocycles. The van der Waals surface area contributed by atoms with Crippen molar-refractivity contribution >= 4 is 44.1 Å². The molecule has 1 aliphatic heterocycles. The molecule has 1 aliphatic rings. The van der Waals surface area contributed by atoms with Crippen LogP contribution in [-0.2, 0) is 7.05 Å². The van der Waals surface area contributed by atoms with Gasteiger partial charge >= 0.3 is 0 Å². The molecule has 1 saturated heterocycles. The van der Waals surface area contributed by atoms with Crippen LogP contribution >= 0.6 is 11.3 Å². The quantitative estimate of drug-likeness (QED) is 0.473. The number of benzene rings is 2. The fourth-order valence-electron chi connectivity index (χ4n) is 4.64. The lowest BCUT2D eigenvalue weighted by Crippen LogP contribution is -2.39. The van der Waals surface area contributed by atoms with E-state index in [1.165, 1.54) is 14.6 Å². The third kappa shape index (κ3) is 3.37. The maximum Gasteiger partial charge on any atom is 0.265 e. The highest BCUT2D eigenvalue weighted by Gasteiger charge is 2.30. The van der Waals surface area contributed by atoms with Crippen molar-refractivity contribution in [3.63, 3.8) is 0 Å². The number of nitrogens with zero attached hydrogens (tertiary/aromatic N) is 4. The number of thiazole rings is 1. The predicted molar refractivity (Wildman–Crippen MR) is 131 cm³/mol. The normalized spacial score (nSPS) is 14.9. The van der Waals surface area contributed by atoms with Gasteiger partial charge in [0.2, 0.25) is 0 Å². The number of carbonyl (C=O) groups is 1. The summed E-state index contributed by atoms with van der Waals surface area (Å²) in [5.74, 6) is 0.147. The Labute approximate surface area is 190 Å². The van der Waals surface area contributed by atoms with Gasteiger partial charge in [-0.05, 0) is 31.0 Å². The van der Waals surface area contributed by atoms with Crippen molar-refractivity contribution in [2.45, 2.75) is 18.8 Å². The summed E-state index contributed by atoms with van der Waals surface area (Å²) in [5.41, 5.74) is 2.69. The molecule has 0 bridgehead atoms. The Hall–Kier alpha value is -3.19. The first-order valence-electron chi connectivity index (χ1n) is 10.9. The lowest BCUT2D eigenvalue weighted by Gasteiger charge is -2.35. The molecule has 0 atom stereocenters. The third-order valence-electron chi connectivity index (χ3n) is 6.37. The molecule has 32 heavy (non-hydrogen) atoms. The Morgan fingerprint density at radius 3 is 2.47 bits per heavy atom. The van der Waals surface area contributed by atoms with Gasteiger partial charge in [-0.25, -0.2) is 4.98 Å². The van der Waals surface area contributed by atoms with Gasteiger partial charge in [0.1, 0.15) is 5.56 Å². The van der Waals surface area contributed by atoms with E-state index in [0.717, 1.165) is 48.0 Å². The van der Waals surface area contributed by atoms with E-state index < -0.39 is 0 Å². The molecule has 1 fully saturated rings. The standard InChI is InChI=1S/C25H26N4O2S/c1-27(2)24(30)21-22(17-8-4-6-10-19(17)28(3)25(21)31)29-14-12-16(13-15-29)23-26-18-9-5-7-11-20(18)32-23/h4-11,16H,12-15H2,1-3H3. The summed E-state index contributed by atoms with van der Waals surface area (Å²) in [6.07, 6.45) is 1.89. The van der Waals surface area contributed by atoms with Crippen molar-refractivity contribution in [3.05, 3.63) is 69.5 Å². The van der Waals surface area contributed by atoms with Gasteiger partial charge in [-0.1, -0.05) is 30.3 Å². The van der Waals surface area contributed by atoms with Crippen LogP contribution < -0.4 is 10.5 Å². The molecule has 6 nitrogen and oxygen atoms in total. The second kappa shape index (κ2) is 8.06. The van der Waals surface area contributed by atoms with Gasteiger partial charge in [0.15, 0.2) is 0 Å². The minimum Gasteiger partial charge on any atom is -0.370 e. The monoisotopic (exact) mass is 446 g/mol. The number of hydrogen-bond acceptors (Lipinski definition) is 5. The number of aryl methyl sites for hydroxylation is 1. The van der Waals surface area contributed by atoms with Gasteiger partial charge in [0, 0.05) is 45.5 Å². The number of piperidine rings is 1. The van der Waals surface area contributed by atoms with Crippen molar-refractivity contribution < 1.29 is 4.79 Å². The van der Waals surface area contributed by atoms with Crippen molar-refractivity contribution in [2.75, 3.05) is 32.1 Å². The molecule has 3 heterocycles. The number of anilines is 1. The predicted octanol–water partition coefficient (Wildman–Crippen LogP) is 4.23. The van der Waals surface area contributed by atoms with Crippen LogP contribution in [0.3, 0.4) is 0 Å². The minimum atomic E-state index is -0.250. The van der Waals surface area contributed by atoms with Crippen LogP contribution in [0.15, 0.2) is 53.3 Å². The van der Waals surface area contributed by atoms with E-state index in [1.54, 1.807) is 37.0 Å². The van der Waals surface area contributed by atoms with Crippen LogP contribution in [-0.4, -0.2) is 47.5 Å². The van der Waals surface area contributed by atoms with E-state index >= 15 is 0 Å². The van der Waals surface area contributed by atoms with Crippen molar-refractivity contribution in [1.29, 1.82) is 0 Å². The van der Waals surface area contributed by atoms with Crippen molar-refractivity contribution in [1.82, 2.24) is 14.5 Å². The van der Waals surface area contributed by atoms with Crippen molar-refractivity contribution in [3.8, 4) is 0 Å². The number of rotatable bonds is 3. The van der Waals surface area contributed by atoms with Crippen LogP contribution in [0.2, 0.25) is 0 Å². The lowest BCUT2D eigenvalue weighted by atomic mass is 9.95. The van der Waals surface area contributed by atoms with E-state index in [0.29, 0.717) is 5.92 Å². The van der Waals surface area contributed by atoms with Gasteiger partial charge in [-0.15, -0.1) is 11.3 Å². The first-order valence-corrected chi connectivity index (χ1v) is 11.7. The van der Waals surface area contributed by atoms with E-state index in [-0.39, 0.29) is 17.0 Å². The molecule has 0 spiro atoms. The number of fused-ring (bicyclic) bond motifs is 2. The zero-order chi connectivity index (χ0) is 22.4. The largest absolute Gasteiger partial charge is 0.370 e. The number of para-hydroxylation sites is 2. The van der Waals surface area contributed by atoms with E-state index in [4.69, 9.17) is 4.98 Å². The van der Waals surface area contributed by atoms with Crippen LogP contribution in [0.25, 0.3) is 21.1 Å². The van der Waals surface area contributed by atoms with E-state index in [1.807, 2.05) is 30.3 Å². The Morgan fingerprint density at radius 2 is 1.75 bits per heavy atom. The zero-order valence-corrected chi connectivity index (χ0v) is 19.4. The second-order valence-corrected chi connectivity index (χ2v) is 9.65. The molecule has 0 saturated carbocycles. The van der Waals surface area contributed by atoms with Gasteiger partial charge in [-0.2, -0.15) is 0 Å². The summed E-state index contributed by atoms with van der Waals surface area (Å²) >= 11 is 1.78. The van der Waals surface area contributed by atoms with Gasteiger partial charge in [0.25, 0.3) is 11.5 Å². The molecule has 0 radical (unpaired) electrons. The minimum absolute atomic E-state index is 0.245. The highest BCUT2D eigenvalue weighted by atomic mass is 32.1. The highest BCUT2D eigenvalue weighted by molar-refractivity contribution is 7.18. The molecule has 1 amide bonds. The molecule has 2 aromatic carbocycles. The summed E-state index contributed by atoms with van der Waals surface area (Å²) in [4.78, 5) is 34.9. The molecule has 164 valence electrons. The summed E-state index contributed by atoms with van der Waals surface area (Å²) in [5, 5.41) is 2.13. The summed E-state index contributed by atoms with van der Waals surface area (Å²) < 4.78 is 2.81. The molecule has 2 aromatic heterocycles. The number of amides is 1. The highest BCUT2D eigenvalue weighted by Crippen LogP contribution is 2.37. The molecule has 5 rings (SSSR count). The Bertz CT molecular complexity index is 1350. The Morgan fingerprint density at radius 1 is 1.06 bits per heavy atom. The SMILES string of the molecule is CN(C)C(=O)c1c(N2CCC(c3nc4ccccc4s3)CC2)c2ccccc2n(C)c1=O. The number of aromatic nitrogens is 2. The smallest absolute Gasteiger partial charge is 0.265 e. The fourth-order valence-corrected chi connectivity index (χ4v) is 5.78. The molecule has 7 heteroatoms.